The van der Waals surface area contributed by atoms with Gasteiger partial charge >= 0.3 is 12.3 Å². The van der Waals surface area contributed by atoms with Gasteiger partial charge in [0.15, 0.2) is 0 Å². The molecule has 120 valence electrons. The van der Waals surface area contributed by atoms with E-state index in [9.17, 15) is 18.0 Å². The SMILES string of the molecule is CC(C)OC(=O)Nc1ccc(N2C=C(C(F)(F)F)ON2)cc1. The molecule has 2 rings (SSSR count). The van der Waals surface area contributed by atoms with Gasteiger partial charge in [-0.15, -0.1) is 0 Å². The fraction of sp³-hybridized carbons (Fsp3) is 0.308. The normalized spacial score (nSPS) is 14.6. The van der Waals surface area contributed by atoms with E-state index in [4.69, 9.17) is 4.74 Å². The molecule has 0 fully saturated rings. The van der Waals surface area contributed by atoms with E-state index in [0.717, 1.165) is 11.2 Å². The average Bonchev–Trinajstić information content (AvgIpc) is 2.88. The summed E-state index contributed by atoms with van der Waals surface area (Å²) >= 11 is 0. The number of hydrogen-bond donors (Lipinski definition) is 2. The van der Waals surface area contributed by atoms with Crippen molar-refractivity contribution in [2.75, 3.05) is 10.3 Å². The van der Waals surface area contributed by atoms with Gasteiger partial charge < -0.3 is 9.57 Å². The van der Waals surface area contributed by atoms with E-state index in [2.05, 4.69) is 15.7 Å². The van der Waals surface area contributed by atoms with Gasteiger partial charge in [-0.05, 0) is 38.1 Å². The molecule has 1 aromatic carbocycles. The molecule has 0 saturated heterocycles. The van der Waals surface area contributed by atoms with Gasteiger partial charge in [0, 0.05) is 5.69 Å². The van der Waals surface area contributed by atoms with Crippen molar-refractivity contribution in [2.24, 2.45) is 0 Å². The van der Waals surface area contributed by atoms with Gasteiger partial charge in [0.05, 0.1) is 18.0 Å². The largest absolute Gasteiger partial charge is 0.453 e. The van der Waals surface area contributed by atoms with Crippen LogP contribution in [0, 0.1) is 0 Å². The van der Waals surface area contributed by atoms with Gasteiger partial charge in [0.2, 0.25) is 5.76 Å². The fourth-order valence-electron chi connectivity index (χ4n) is 1.59. The second-order valence-electron chi connectivity index (χ2n) is 4.68. The van der Waals surface area contributed by atoms with Crippen LogP contribution in [0.25, 0.3) is 0 Å². The van der Waals surface area contributed by atoms with Crippen LogP contribution >= 0.6 is 0 Å². The van der Waals surface area contributed by atoms with Gasteiger partial charge in [0.25, 0.3) is 0 Å². The summed E-state index contributed by atoms with van der Waals surface area (Å²) in [6, 6.07) is 6.07. The Balaban J connectivity index is 2.01. The minimum Gasteiger partial charge on any atom is -0.447 e. The van der Waals surface area contributed by atoms with Crippen molar-refractivity contribution in [3.05, 3.63) is 36.2 Å². The number of benzene rings is 1. The maximum atomic E-state index is 12.4. The summed E-state index contributed by atoms with van der Waals surface area (Å²) in [7, 11) is 0. The molecule has 0 spiro atoms. The van der Waals surface area contributed by atoms with Crippen LogP contribution in [0.3, 0.4) is 0 Å². The van der Waals surface area contributed by atoms with Gasteiger partial charge in [0.1, 0.15) is 0 Å². The van der Waals surface area contributed by atoms with E-state index < -0.39 is 18.0 Å². The Morgan fingerprint density at radius 2 is 1.95 bits per heavy atom. The van der Waals surface area contributed by atoms with Gasteiger partial charge in [-0.3, -0.25) is 5.32 Å². The molecule has 0 aromatic heterocycles. The lowest BCUT2D eigenvalue weighted by Gasteiger charge is -2.14. The van der Waals surface area contributed by atoms with Crippen LogP contribution in [0.4, 0.5) is 29.3 Å². The van der Waals surface area contributed by atoms with Crippen LogP contribution in [-0.2, 0) is 9.57 Å². The number of anilines is 2. The molecular formula is C13H14F3N3O3. The topological polar surface area (TPSA) is 62.8 Å². The molecule has 1 aliphatic rings. The second-order valence-corrected chi connectivity index (χ2v) is 4.68. The number of nitrogens with zero attached hydrogens (tertiary/aromatic N) is 1. The molecule has 0 bridgehead atoms. The first kappa shape index (κ1) is 16.0. The summed E-state index contributed by atoms with van der Waals surface area (Å²) in [5, 5.41) is 3.57. The van der Waals surface area contributed by atoms with Crippen LogP contribution in [-0.4, -0.2) is 18.4 Å². The Labute approximate surface area is 124 Å². The summed E-state index contributed by atoms with van der Waals surface area (Å²) in [6.45, 7) is 3.43. The van der Waals surface area contributed by atoms with E-state index in [-0.39, 0.29) is 6.10 Å². The van der Waals surface area contributed by atoms with Gasteiger partial charge in [-0.25, -0.2) is 9.80 Å². The zero-order valence-corrected chi connectivity index (χ0v) is 11.8. The lowest BCUT2D eigenvalue weighted by atomic mass is 10.3. The standard InChI is InChI=1S/C13H14F3N3O3/c1-8(2)21-12(20)17-9-3-5-10(6-4-9)19-7-11(22-18-19)13(14,15)16/h3-8,18H,1-2H3,(H,17,20). The van der Waals surface area contributed by atoms with Crippen LogP contribution in [0.1, 0.15) is 13.8 Å². The summed E-state index contributed by atoms with van der Waals surface area (Å²) in [5.41, 5.74) is 2.98. The number of hydrogen-bond acceptors (Lipinski definition) is 5. The minimum atomic E-state index is -4.57. The van der Waals surface area contributed by atoms with Crippen LogP contribution in [0.5, 0.6) is 0 Å². The molecule has 1 aromatic rings. The number of alkyl halides is 3. The zero-order valence-electron chi connectivity index (χ0n) is 11.8. The highest BCUT2D eigenvalue weighted by Gasteiger charge is 2.40. The molecule has 9 heteroatoms. The van der Waals surface area contributed by atoms with Crippen LogP contribution < -0.4 is 15.9 Å². The van der Waals surface area contributed by atoms with Crippen molar-refractivity contribution in [3.8, 4) is 0 Å². The van der Waals surface area contributed by atoms with Crippen molar-refractivity contribution in [3.63, 3.8) is 0 Å². The fourth-order valence-corrected chi connectivity index (χ4v) is 1.59. The van der Waals surface area contributed by atoms with Crippen molar-refractivity contribution in [2.45, 2.75) is 26.1 Å². The molecule has 2 N–H and O–H groups in total. The highest BCUT2D eigenvalue weighted by atomic mass is 19.4. The third-order valence-corrected chi connectivity index (χ3v) is 2.51. The first-order chi connectivity index (χ1) is 10.3. The highest BCUT2D eigenvalue weighted by molar-refractivity contribution is 5.85. The number of allylic oxidation sites excluding steroid dienone is 1. The molecule has 6 nitrogen and oxygen atoms in total. The molecule has 0 atom stereocenters. The summed E-state index contributed by atoms with van der Waals surface area (Å²) in [5.74, 6) is -1.14. The molecule has 22 heavy (non-hydrogen) atoms. The third kappa shape index (κ3) is 4.04. The minimum absolute atomic E-state index is 0.254. The first-order valence-electron chi connectivity index (χ1n) is 6.34. The molecule has 0 unspecified atom stereocenters. The monoisotopic (exact) mass is 317 g/mol. The van der Waals surface area contributed by atoms with Crippen LogP contribution in [0.15, 0.2) is 36.2 Å². The Hall–Kier alpha value is -2.42. The van der Waals surface area contributed by atoms with Gasteiger partial charge in [-0.2, -0.15) is 13.2 Å². The zero-order chi connectivity index (χ0) is 16.3. The smallest absolute Gasteiger partial charge is 0.447 e. The molecule has 1 amide bonds. The maximum Gasteiger partial charge on any atom is 0.453 e. The number of amides is 1. The number of carbonyl (C=O) groups excluding carboxylic acids is 1. The maximum absolute atomic E-state index is 12.4. The quantitative estimate of drug-likeness (QED) is 0.895. The van der Waals surface area contributed by atoms with Crippen molar-refractivity contribution < 1.29 is 27.5 Å². The van der Waals surface area contributed by atoms with E-state index in [0.29, 0.717) is 11.4 Å². The highest BCUT2D eigenvalue weighted by Crippen LogP contribution is 2.30. The summed E-state index contributed by atoms with van der Waals surface area (Å²) < 4.78 is 42.2. The van der Waals surface area contributed by atoms with Crippen molar-refractivity contribution >= 4 is 17.5 Å². The number of rotatable bonds is 3. The Morgan fingerprint density at radius 1 is 1.32 bits per heavy atom. The van der Waals surface area contributed by atoms with Crippen molar-refractivity contribution in [1.29, 1.82) is 0 Å². The molecular weight excluding hydrogens is 303 g/mol. The first-order valence-corrected chi connectivity index (χ1v) is 6.34. The lowest BCUT2D eigenvalue weighted by molar-refractivity contribution is -0.136. The predicted octanol–water partition coefficient (Wildman–Crippen LogP) is 3.30. The number of nitrogens with one attached hydrogen (secondary N) is 2. The van der Waals surface area contributed by atoms with E-state index in [1.54, 1.807) is 13.8 Å². The number of ether oxygens (including phenoxy) is 1. The van der Waals surface area contributed by atoms with E-state index in [1.807, 2.05) is 0 Å². The van der Waals surface area contributed by atoms with Crippen LogP contribution in [0.2, 0.25) is 0 Å². The Kier molecular flexibility index (Phi) is 4.45. The average molecular weight is 317 g/mol. The molecule has 1 heterocycles. The lowest BCUT2D eigenvalue weighted by Crippen LogP contribution is -2.27. The molecule has 0 aliphatic carbocycles. The molecule has 1 aliphatic heterocycles. The summed E-state index contributed by atoms with van der Waals surface area (Å²) in [6.07, 6.45) is -4.64. The number of carbonyl (C=O) groups is 1. The van der Waals surface area contributed by atoms with Crippen molar-refractivity contribution in [1.82, 2.24) is 5.59 Å². The van der Waals surface area contributed by atoms with E-state index >= 15 is 0 Å². The molecule has 0 saturated carbocycles. The predicted molar refractivity (Wildman–Crippen MR) is 72.5 cm³/mol. The van der Waals surface area contributed by atoms with E-state index in [1.165, 1.54) is 24.3 Å². The summed E-state index contributed by atoms with van der Waals surface area (Å²) in [4.78, 5) is 15.8. The Morgan fingerprint density at radius 3 is 2.45 bits per heavy atom. The second kappa shape index (κ2) is 6.14. The third-order valence-electron chi connectivity index (χ3n) is 2.51. The number of hydrazine groups is 1. The van der Waals surface area contributed by atoms with Gasteiger partial charge in [-0.1, -0.05) is 5.59 Å². The Bertz CT molecular complexity index is 570. The molecule has 0 radical (unpaired) electrons. The number of halogens is 3.